The van der Waals surface area contributed by atoms with Crippen LogP contribution >= 0.6 is 11.6 Å². The lowest BCUT2D eigenvalue weighted by Crippen LogP contribution is -2.01. The van der Waals surface area contributed by atoms with Crippen LogP contribution in [0, 0.1) is 0 Å². The number of aliphatic carboxylic acids is 1. The van der Waals surface area contributed by atoms with Crippen molar-refractivity contribution in [3.8, 4) is 11.3 Å². The molecule has 0 amide bonds. The number of carbonyl (C=O) groups is 1. The van der Waals surface area contributed by atoms with E-state index in [1.54, 1.807) is 6.07 Å². The van der Waals surface area contributed by atoms with Crippen molar-refractivity contribution in [1.82, 2.24) is 0 Å². The molecule has 94 valence electrons. The van der Waals surface area contributed by atoms with Crippen LogP contribution in [0.15, 0.2) is 40.8 Å². The Morgan fingerprint density at radius 1 is 1.39 bits per heavy atom. The van der Waals surface area contributed by atoms with Crippen LogP contribution < -0.4 is 0 Å². The van der Waals surface area contributed by atoms with Gasteiger partial charge in [0.1, 0.15) is 11.5 Å². The van der Waals surface area contributed by atoms with Crippen molar-refractivity contribution in [2.45, 2.75) is 19.3 Å². The van der Waals surface area contributed by atoms with Crippen molar-refractivity contribution in [3.05, 3.63) is 47.2 Å². The summed E-state index contributed by atoms with van der Waals surface area (Å²) in [5, 5.41) is 9.39. The lowest BCUT2D eigenvalue weighted by Gasteiger charge is -2.04. The molecule has 2 rings (SSSR count). The maximum Gasteiger partial charge on any atom is 0.304 e. The minimum Gasteiger partial charge on any atom is -0.481 e. The third-order valence-electron chi connectivity index (χ3n) is 2.70. The van der Waals surface area contributed by atoms with E-state index in [1.807, 2.05) is 37.3 Å². The Kier molecular flexibility index (Phi) is 3.72. The number of carboxylic acid groups (broad SMARTS) is 1. The number of rotatable bonds is 4. The van der Waals surface area contributed by atoms with E-state index in [-0.39, 0.29) is 12.3 Å². The van der Waals surface area contributed by atoms with Gasteiger partial charge >= 0.3 is 5.97 Å². The number of halogens is 1. The monoisotopic (exact) mass is 264 g/mol. The van der Waals surface area contributed by atoms with Crippen LogP contribution in [0.3, 0.4) is 0 Å². The zero-order valence-electron chi connectivity index (χ0n) is 9.89. The Bertz CT molecular complexity index is 560. The summed E-state index contributed by atoms with van der Waals surface area (Å²) in [5.41, 5.74) is 0.885. The lowest BCUT2D eigenvalue weighted by molar-refractivity contribution is -0.137. The highest BCUT2D eigenvalue weighted by Crippen LogP contribution is 2.28. The molecule has 1 N–H and O–H groups in total. The number of hydrogen-bond donors (Lipinski definition) is 1. The summed E-state index contributed by atoms with van der Waals surface area (Å²) in [6.07, 6.45) is 0.0580. The average molecular weight is 265 g/mol. The topological polar surface area (TPSA) is 50.4 Å². The SMILES string of the molecule is CC(CC(=O)O)c1ccc(-c2cccc(Cl)c2)o1. The maximum atomic E-state index is 10.6. The van der Waals surface area contributed by atoms with Gasteiger partial charge in [-0.3, -0.25) is 4.79 Å². The second-order valence-electron chi connectivity index (χ2n) is 4.21. The van der Waals surface area contributed by atoms with E-state index in [9.17, 15) is 4.79 Å². The van der Waals surface area contributed by atoms with Gasteiger partial charge in [0.25, 0.3) is 0 Å². The number of benzene rings is 1. The van der Waals surface area contributed by atoms with E-state index in [1.165, 1.54) is 0 Å². The molecular formula is C14H13ClO3. The predicted octanol–water partition coefficient (Wildman–Crippen LogP) is 4.18. The van der Waals surface area contributed by atoms with Gasteiger partial charge in [-0.1, -0.05) is 30.7 Å². The van der Waals surface area contributed by atoms with Crippen LogP contribution in [-0.2, 0) is 4.79 Å². The van der Waals surface area contributed by atoms with Gasteiger partial charge in [-0.05, 0) is 24.3 Å². The summed E-state index contributed by atoms with van der Waals surface area (Å²) in [5.74, 6) is 0.399. The van der Waals surface area contributed by atoms with Crippen molar-refractivity contribution in [2.24, 2.45) is 0 Å². The van der Waals surface area contributed by atoms with Crippen molar-refractivity contribution in [3.63, 3.8) is 0 Å². The van der Waals surface area contributed by atoms with E-state index in [2.05, 4.69) is 0 Å². The van der Waals surface area contributed by atoms with Gasteiger partial charge in [-0.25, -0.2) is 0 Å². The van der Waals surface area contributed by atoms with Crippen LogP contribution in [-0.4, -0.2) is 11.1 Å². The molecule has 4 heteroatoms. The molecule has 0 aliphatic heterocycles. The summed E-state index contributed by atoms with van der Waals surface area (Å²) in [6.45, 7) is 1.83. The fraction of sp³-hybridized carbons (Fsp3) is 0.214. The van der Waals surface area contributed by atoms with E-state index in [0.29, 0.717) is 16.5 Å². The summed E-state index contributed by atoms with van der Waals surface area (Å²) in [6, 6.07) is 11.0. The van der Waals surface area contributed by atoms with Crippen molar-refractivity contribution in [2.75, 3.05) is 0 Å². The highest BCUT2D eigenvalue weighted by Gasteiger charge is 2.14. The molecule has 1 aromatic heterocycles. The highest BCUT2D eigenvalue weighted by atomic mass is 35.5. The summed E-state index contributed by atoms with van der Waals surface area (Å²) < 4.78 is 5.67. The third kappa shape index (κ3) is 2.93. The van der Waals surface area contributed by atoms with Crippen molar-refractivity contribution in [1.29, 1.82) is 0 Å². The molecule has 0 bridgehead atoms. The first-order valence-corrected chi connectivity index (χ1v) is 6.01. The largest absolute Gasteiger partial charge is 0.481 e. The number of hydrogen-bond acceptors (Lipinski definition) is 2. The molecule has 1 aromatic carbocycles. The van der Waals surface area contributed by atoms with Gasteiger partial charge in [0.15, 0.2) is 0 Å². The Morgan fingerprint density at radius 3 is 2.83 bits per heavy atom. The molecule has 0 aliphatic rings. The quantitative estimate of drug-likeness (QED) is 0.901. The molecule has 0 radical (unpaired) electrons. The molecule has 0 fully saturated rings. The zero-order valence-corrected chi connectivity index (χ0v) is 10.6. The molecule has 0 saturated carbocycles. The molecule has 1 atom stereocenters. The van der Waals surface area contributed by atoms with E-state index >= 15 is 0 Å². The van der Waals surface area contributed by atoms with Crippen LogP contribution in [0.1, 0.15) is 25.0 Å². The molecule has 1 unspecified atom stereocenters. The van der Waals surface area contributed by atoms with Crippen LogP contribution in [0.25, 0.3) is 11.3 Å². The summed E-state index contributed by atoms with van der Waals surface area (Å²) in [4.78, 5) is 10.6. The van der Waals surface area contributed by atoms with Crippen molar-refractivity contribution >= 4 is 17.6 Å². The Hall–Kier alpha value is -1.74. The van der Waals surface area contributed by atoms with Gasteiger partial charge < -0.3 is 9.52 Å². The summed E-state index contributed by atoms with van der Waals surface area (Å²) in [7, 11) is 0. The van der Waals surface area contributed by atoms with Gasteiger partial charge in [-0.2, -0.15) is 0 Å². The van der Waals surface area contributed by atoms with E-state index < -0.39 is 5.97 Å². The number of furan rings is 1. The molecule has 1 heterocycles. The van der Waals surface area contributed by atoms with E-state index in [0.717, 1.165) is 5.56 Å². The standard InChI is InChI=1S/C14H13ClO3/c1-9(7-14(16)17)12-5-6-13(18-12)10-3-2-4-11(15)8-10/h2-6,8-9H,7H2,1H3,(H,16,17). The van der Waals surface area contributed by atoms with Crippen LogP contribution in [0.5, 0.6) is 0 Å². The van der Waals surface area contributed by atoms with Gasteiger partial charge in [-0.15, -0.1) is 0 Å². The smallest absolute Gasteiger partial charge is 0.304 e. The van der Waals surface area contributed by atoms with Gasteiger partial charge in [0.2, 0.25) is 0 Å². The summed E-state index contributed by atoms with van der Waals surface area (Å²) >= 11 is 5.91. The molecular weight excluding hydrogens is 252 g/mol. The third-order valence-corrected chi connectivity index (χ3v) is 2.94. The normalized spacial score (nSPS) is 12.3. The minimum atomic E-state index is -0.830. The van der Waals surface area contributed by atoms with Crippen molar-refractivity contribution < 1.29 is 14.3 Å². The minimum absolute atomic E-state index is 0.0580. The van der Waals surface area contributed by atoms with Gasteiger partial charge in [0, 0.05) is 16.5 Å². The molecule has 18 heavy (non-hydrogen) atoms. The molecule has 0 saturated heterocycles. The highest BCUT2D eigenvalue weighted by molar-refractivity contribution is 6.30. The Balaban J connectivity index is 2.22. The average Bonchev–Trinajstić information content (AvgIpc) is 2.77. The second-order valence-corrected chi connectivity index (χ2v) is 4.65. The Labute approximate surface area is 110 Å². The van der Waals surface area contributed by atoms with Crippen LogP contribution in [0.2, 0.25) is 5.02 Å². The van der Waals surface area contributed by atoms with E-state index in [4.69, 9.17) is 21.1 Å². The molecule has 3 nitrogen and oxygen atoms in total. The molecule has 2 aromatic rings. The van der Waals surface area contributed by atoms with Crippen LogP contribution in [0.4, 0.5) is 0 Å². The lowest BCUT2D eigenvalue weighted by atomic mass is 10.1. The van der Waals surface area contributed by atoms with Gasteiger partial charge in [0.05, 0.1) is 6.42 Å². The first kappa shape index (κ1) is 12.7. The fourth-order valence-corrected chi connectivity index (χ4v) is 1.97. The Morgan fingerprint density at radius 2 is 2.17 bits per heavy atom. The predicted molar refractivity (Wildman–Crippen MR) is 69.8 cm³/mol. The molecule has 0 spiro atoms. The fourth-order valence-electron chi connectivity index (χ4n) is 1.78. The molecule has 0 aliphatic carbocycles. The zero-order chi connectivity index (χ0) is 13.1. The maximum absolute atomic E-state index is 10.6. The second kappa shape index (κ2) is 5.27. The first-order chi connectivity index (χ1) is 8.56. The first-order valence-electron chi connectivity index (χ1n) is 5.63. The number of carboxylic acids is 1.